The SMILES string of the molecule is Cc1c(Nc2nc(-c3cccnc3)cs2)cccc1C(F)(F)F. The first-order valence-electron chi connectivity index (χ1n) is 6.75. The van der Waals surface area contributed by atoms with Gasteiger partial charge in [-0.25, -0.2) is 4.98 Å². The summed E-state index contributed by atoms with van der Waals surface area (Å²) < 4.78 is 38.8. The van der Waals surface area contributed by atoms with E-state index in [0.717, 1.165) is 17.3 Å². The number of anilines is 2. The Kier molecular flexibility index (Phi) is 4.04. The van der Waals surface area contributed by atoms with E-state index in [1.165, 1.54) is 24.3 Å². The highest BCUT2D eigenvalue weighted by atomic mass is 32.1. The molecule has 2 aromatic heterocycles. The molecule has 0 spiro atoms. The molecule has 0 saturated heterocycles. The smallest absolute Gasteiger partial charge is 0.331 e. The van der Waals surface area contributed by atoms with Crippen LogP contribution >= 0.6 is 11.3 Å². The molecule has 3 nitrogen and oxygen atoms in total. The summed E-state index contributed by atoms with van der Waals surface area (Å²) >= 11 is 1.33. The van der Waals surface area contributed by atoms with Crippen LogP contribution in [0.25, 0.3) is 11.3 Å². The molecular weight excluding hydrogens is 323 g/mol. The number of aromatic nitrogens is 2. The van der Waals surface area contributed by atoms with Crippen molar-refractivity contribution in [3.05, 3.63) is 59.2 Å². The average Bonchev–Trinajstić information content (AvgIpc) is 2.98. The largest absolute Gasteiger partial charge is 0.416 e. The van der Waals surface area contributed by atoms with Gasteiger partial charge in [-0.3, -0.25) is 4.98 Å². The number of nitrogens with zero attached hydrogens (tertiary/aromatic N) is 2. The zero-order chi connectivity index (χ0) is 16.4. The fourth-order valence-corrected chi connectivity index (χ4v) is 2.90. The number of thiazole rings is 1. The zero-order valence-electron chi connectivity index (χ0n) is 12.1. The standard InChI is InChI=1S/C16H12F3N3S/c1-10-12(16(17,18)19)5-2-6-13(10)21-15-22-14(9-23-15)11-4-3-7-20-8-11/h2-9H,1H3,(H,21,22). The third kappa shape index (κ3) is 3.34. The zero-order valence-corrected chi connectivity index (χ0v) is 12.9. The van der Waals surface area contributed by atoms with Crippen LogP contribution in [0, 0.1) is 6.92 Å². The number of halogens is 3. The highest BCUT2D eigenvalue weighted by Gasteiger charge is 2.32. The van der Waals surface area contributed by atoms with Gasteiger partial charge >= 0.3 is 6.18 Å². The summed E-state index contributed by atoms with van der Waals surface area (Å²) in [5, 5.41) is 5.33. The van der Waals surface area contributed by atoms with E-state index in [4.69, 9.17) is 0 Å². The van der Waals surface area contributed by atoms with E-state index < -0.39 is 11.7 Å². The molecule has 0 bridgehead atoms. The van der Waals surface area contributed by atoms with Gasteiger partial charge < -0.3 is 5.32 Å². The van der Waals surface area contributed by atoms with Crippen LogP contribution in [-0.4, -0.2) is 9.97 Å². The summed E-state index contributed by atoms with van der Waals surface area (Å²) in [7, 11) is 0. The van der Waals surface area contributed by atoms with E-state index in [-0.39, 0.29) is 5.56 Å². The predicted octanol–water partition coefficient (Wildman–Crippen LogP) is 5.28. The van der Waals surface area contributed by atoms with Crippen LogP contribution < -0.4 is 5.32 Å². The van der Waals surface area contributed by atoms with E-state index in [0.29, 0.717) is 10.8 Å². The van der Waals surface area contributed by atoms with E-state index in [1.54, 1.807) is 24.5 Å². The predicted molar refractivity (Wildman–Crippen MR) is 84.8 cm³/mol. The maximum Gasteiger partial charge on any atom is 0.416 e. The molecule has 118 valence electrons. The Bertz CT molecular complexity index is 813. The van der Waals surface area contributed by atoms with Crippen LogP contribution in [0.4, 0.5) is 24.0 Å². The number of pyridine rings is 1. The molecule has 0 saturated carbocycles. The normalized spacial score (nSPS) is 11.5. The summed E-state index contributed by atoms with van der Waals surface area (Å²) in [5.41, 5.74) is 1.49. The molecule has 1 aromatic carbocycles. The van der Waals surface area contributed by atoms with Crippen molar-refractivity contribution in [3.8, 4) is 11.3 Å². The lowest BCUT2D eigenvalue weighted by Crippen LogP contribution is -2.08. The van der Waals surface area contributed by atoms with Crippen molar-refractivity contribution in [2.45, 2.75) is 13.1 Å². The Morgan fingerprint density at radius 2 is 1.96 bits per heavy atom. The maximum absolute atomic E-state index is 12.9. The molecule has 0 aliphatic heterocycles. The van der Waals surface area contributed by atoms with Gasteiger partial charge in [-0.1, -0.05) is 6.07 Å². The van der Waals surface area contributed by atoms with Gasteiger partial charge in [0, 0.05) is 29.0 Å². The summed E-state index contributed by atoms with van der Waals surface area (Å²) in [6.45, 7) is 1.45. The number of rotatable bonds is 3. The van der Waals surface area contributed by atoms with Crippen molar-refractivity contribution in [3.63, 3.8) is 0 Å². The van der Waals surface area contributed by atoms with Crippen LogP contribution in [0.5, 0.6) is 0 Å². The van der Waals surface area contributed by atoms with Gasteiger partial charge in [0.25, 0.3) is 0 Å². The Hall–Kier alpha value is -2.41. The van der Waals surface area contributed by atoms with Crippen molar-refractivity contribution >= 4 is 22.2 Å². The van der Waals surface area contributed by atoms with Crippen LogP contribution in [0.2, 0.25) is 0 Å². The topological polar surface area (TPSA) is 37.8 Å². The molecule has 0 fully saturated rings. The lowest BCUT2D eigenvalue weighted by Gasteiger charge is -2.14. The van der Waals surface area contributed by atoms with Gasteiger partial charge in [0.2, 0.25) is 0 Å². The number of benzene rings is 1. The maximum atomic E-state index is 12.9. The second-order valence-electron chi connectivity index (χ2n) is 4.88. The molecule has 2 heterocycles. The Labute approximate surface area is 134 Å². The minimum absolute atomic E-state index is 0.151. The van der Waals surface area contributed by atoms with E-state index >= 15 is 0 Å². The van der Waals surface area contributed by atoms with E-state index in [2.05, 4.69) is 15.3 Å². The molecule has 0 amide bonds. The van der Waals surface area contributed by atoms with Gasteiger partial charge in [-0.15, -0.1) is 11.3 Å². The van der Waals surface area contributed by atoms with Crippen LogP contribution in [0.1, 0.15) is 11.1 Å². The van der Waals surface area contributed by atoms with Gasteiger partial charge in [0.1, 0.15) is 0 Å². The molecule has 23 heavy (non-hydrogen) atoms. The van der Waals surface area contributed by atoms with Crippen molar-refractivity contribution in [1.29, 1.82) is 0 Å². The quantitative estimate of drug-likeness (QED) is 0.708. The molecule has 3 rings (SSSR count). The van der Waals surface area contributed by atoms with Crippen LogP contribution in [0.3, 0.4) is 0 Å². The molecule has 0 unspecified atom stereocenters. The molecule has 3 aromatic rings. The minimum Gasteiger partial charge on any atom is -0.331 e. The first kappa shape index (κ1) is 15.5. The molecule has 1 N–H and O–H groups in total. The van der Waals surface area contributed by atoms with Gasteiger partial charge in [0.15, 0.2) is 5.13 Å². The number of hydrogen-bond donors (Lipinski definition) is 1. The summed E-state index contributed by atoms with van der Waals surface area (Å²) in [6.07, 6.45) is -1.01. The number of alkyl halides is 3. The lowest BCUT2D eigenvalue weighted by atomic mass is 10.1. The Morgan fingerprint density at radius 3 is 2.65 bits per heavy atom. The fourth-order valence-electron chi connectivity index (χ4n) is 2.17. The number of hydrogen-bond acceptors (Lipinski definition) is 4. The molecule has 0 radical (unpaired) electrons. The third-order valence-corrected chi connectivity index (χ3v) is 4.10. The molecule has 0 atom stereocenters. The number of nitrogens with one attached hydrogen (secondary N) is 1. The monoisotopic (exact) mass is 335 g/mol. The van der Waals surface area contributed by atoms with Gasteiger partial charge in [0.05, 0.1) is 11.3 Å². The van der Waals surface area contributed by atoms with Crippen LogP contribution in [0.15, 0.2) is 48.1 Å². The van der Waals surface area contributed by atoms with Crippen molar-refractivity contribution in [2.24, 2.45) is 0 Å². The van der Waals surface area contributed by atoms with Gasteiger partial charge in [-0.2, -0.15) is 13.2 Å². The van der Waals surface area contributed by atoms with Gasteiger partial charge in [-0.05, 0) is 36.8 Å². The molecule has 7 heteroatoms. The average molecular weight is 335 g/mol. The Balaban J connectivity index is 1.88. The summed E-state index contributed by atoms with van der Waals surface area (Å²) in [6, 6.07) is 7.74. The molecule has 0 aliphatic rings. The molecule has 0 aliphatic carbocycles. The first-order valence-corrected chi connectivity index (χ1v) is 7.63. The van der Waals surface area contributed by atoms with Crippen molar-refractivity contribution in [2.75, 3.05) is 5.32 Å². The minimum atomic E-state index is -4.37. The highest BCUT2D eigenvalue weighted by molar-refractivity contribution is 7.14. The second kappa shape index (κ2) is 6.00. The third-order valence-electron chi connectivity index (χ3n) is 3.34. The summed E-state index contributed by atoms with van der Waals surface area (Å²) in [5.74, 6) is 0. The van der Waals surface area contributed by atoms with Crippen LogP contribution in [-0.2, 0) is 6.18 Å². The fraction of sp³-hybridized carbons (Fsp3) is 0.125. The lowest BCUT2D eigenvalue weighted by molar-refractivity contribution is -0.138. The first-order chi connectivity index (χ1) is 10.9. The Morgan fingerprint density at radius 1 is 1.13 bits per heavy atom. The second-order valence-corrected chi connectivity index (χ2v) is 5.74. The van der Waals surface area contributed by atoms with E-state index in [1.807, 2.05) is 11.4 Å². The highest BCUT2D eigenvalue weighted by Crippen LogP contribution is 2.36. The summed E-state index contributed by atoms with van der Waals surface area (Å²) in [4.78, 5) is 8.42. The van der Waals surface area contributed by atoms with Crippen molar-refractivity contribution < 1.29 is 13.2 Å². The van der Waals surface area contributed by atoms with E-state index in [9.17, 15) is 13.2 Å². The molecular formula is C16H12F3N3S. The van der Waals surface area contributed by atoms with Crippen molar-refractivity contribution in [1.82, 2.24) is 9.97 Å².